The van der Waals surface area contributed by atoms with Crippen molar-refractivity contribution >= 4 is 17.7 Å². The Kier molecular flexibility index (Phi) is 6.07. The molecule has 0 spiro atoms. The summed E-state index contributed by atoms with van der Waals surface area (Å²) in [7, 11) is 0. The third-order valence-corrected chi connectivity index (χ3v) is 6.34. The maximum Gasteiger partial charge on any atom is 0.254 e. The molecule has 2 fully saturated rings. The van der Waals surface area contributed by atoms with Crippen molar-refractivity contribution in [2.45, 2.75) is 95.0 Å². The lowest BCUT2D eigenvalue weighted by atomic mass is 9.75. The number of hydrogen-bond donors (Lipinski definition) is 4. The third kappa shape index (κ3) is 4.90. The Labute approximate surface area is 165 Å². The highest BCUT2D eigenvalue weighted by Crippen LogP contribution is 2.40. The van der Waals surface area contributed by atoms with Gasteiger partial charge in [0.1, 0.15) is 11.5 Å². The lowest BCUT2D eigenvalue weighted by Crippen LogP contribution is -2.44. The Morgan fingerprint density at radius 2 is 2.07 bits per heavy atom. The number of aromatic nitrogens is 2. The summed E-state index contributed by atoms with van der Waals surface area (Å²) in [6, 6.07) is 0.0339. The topological polar surface area (TPSA) is 113 Å². The van der Waals surface area contributed by atoms with Crippen LogP contribution in [-0.2, 0) is 0 Å². The number of aliphatic hydroxyl groups excluding tert-OH is 1. The van der Waals surface area contributed by atoms with E-state index >= 15 is 0 Å². The Bertz CT molecular complexity index is 706. The minimum Gasteiger partial charge on any atom is -0.393 e. The molecule has 0 aromatic carbocycles. The lowest BCUT2D eigenvalue weighted by Gasteiger charge is -2.41. The average Bonchev–Trinajstić information content (AvgIpc) is 2.65. The zero-order chi connectivity index (χ0) is 20.4. The van der Waals surface area contributed by atoms with Gasteiger partial charge in [-0.3, -0.25) is 4.79 Å². The number of rotatable bonds is 6. The second kappa shape index (κ2) is 8.19. The summed E-state index contributed by atoms with van der Waals surface area (Å²) in [5.41, 5.74) is 4.34. The minimum atomic E-state index is -1.08. The van der Waals surface area contributed by atoms with Crippen LogP contribution in [-0.4, -0.2) is 44.3 Å². The summed E-state index contributed by atoms with van der Waals surface area (Å²) < 4.78 is 14.5. The number of carbonyl (C=O) groups excluding carboxylic acids is 1. The molecule has 0 unspecified atom stereocenters. The van der Waals surface area contributed by atoms with Gasteiger partial charge in [0, 0.05) is 17.8 Å². The van der Waals surface area contributed by atoms with Crippen molar-refractivity contribution in [1.82, 2.24) is 9.97 Å². The molecule has 1 amide bonds. The van der Waals surface area contributed by atoms with Crippen LogP contribution in [0.5, 0.6) is 0 Å². The van der Waals surface area contributed by atoms with Gasteiger partial charge in [0.15, 0.2) is 0 Å². The van der Waals surface area contributed by atoms with Crippen molar-refractivity contribution in [3.63, 3.8) is 0 Å². The summed E-state index contributed by atoms with van der Waals surface area (Å²) in [5, 5.41) is 16.5. The zero-order valence-electron chi connectivity index (χ0n) is 16.8. The molecular formula is C20H32FN5O2. The molecule has 156 valence electrons. The van der Waals surface area contributed by atoms with Crippen molar-refractivity contribution in [3.8, 4) is 0 Å². The van der Waals surface area contributed by atoms with Crippen LogP contribution in [0.15, 0.2) is 6.20 Å². The highest BCUT2D eigenvalue weighted by atomic mass is 19.1. The summed E-state index contributed by atoms with van der Waals surface area (Å²) >= 11 is 0. The molecule has 5 N–H and O–H groups in total. The zero-order valence-corrected chi connectivity index (χ0v) is 16.8. The molecule has 0 saturated heterocycles. The first kappa shape index (κ1) is 20.8. The van der Waals surface area contributed by atoms with E-state index in [1.807, 2.05) is 6.92 Å². The van der Waals surface area contributed by atoms with E-state index in [0.29, 0.717) is 50.3 Å². The number of anilines is 2. The van der Waals surface area contributed by atoms with Crippen molar-refractivity contribution in [2.24, 2.45) is 5.73 Å². The van der Waals surface area contributed by atoms with Gasteiger partial charge in [-0.15, -0.1) is 0 Å². The summed E-state index contributed by atoms with van der Waals surface area (Å²) in [5.74, 6) is 0.186. The van der Waals surface area contributed by atoms with Crippen LogP contribution in [0.25, 0.3) is 0 Å². The fourth-order valence-electron chi connectivity index (χ4n) is 4.22. The Hall–Kier alpha value is -1.96. The van der Waals surface area contributed by atoms with Crippen molar-refractivity contribution in [1.29, 1.82) is 0 Å². The first-order valence-electron chi connectivity index (χ1n) is 10.3. The largest absolute Gasteiger partial charge is 0.393 e. The summed E-state index contributed by atoms with van der Waals surface area (Å²) in [6.07, 6.45) is 7.24. The number of aliphatic hydroxyl groups is 1. The average molecular weight is 394 g/mol. The molecule has 1 heterocycles. The molecule has 28 heavy (non-hydrogen) atoms. The maximum absolute atomic E-state index is 14.5. The minimum absolute atomic E-state index is 0.0339. The number of amides is 1. The normalized spacial score (nSPS) is 33.3. The van der Waals surface area contributed by atoms with E-state index in [4.69, 9.17) is 5.73 Å². The van der Waals surface area contributed by atoms with E-state index in [1.165, 1.54) is 6.20 Å². The second-order valence-corrected chi connectivity index (χ2v) is 8.67. The van der Waals surface area contributed by atoms with E-state index in [2.05, 4.69) is 27.5 Å². The highest BCUT2D eigenvalue weighted by Gasteiger charge is 2.40. The number of nitrogens with two attached hydrogens (primary N) is 1. The van der Waals surface area contributed by atoms with Crippen LogP contribution in [0.4, 0.5) is 16.2 Å². The molecule has 8 heteroatoms. The molecular weight excluding hydrogens is 361 g/mol. The van der Waals surface area contributed by atoms with Gasteiger partial charge >= 0.3 is 0 Å². The SMILES string of the molecule is CCC1(F)CCC(C)(Nc2ncc(C(N)=O)c(N[C@@H]3CCC[C@H](O)C3)n2)CC1. The number of halogens is 1. The van der Waals surface area contributed by atoms with Gasteiger partial charge in [-0.2, -0.15) is 4.98 Å². The highest BCUT2D eigenvalue weighted by molar-refractivity contribution is 5.97. The lowest BCUT2D eigenvalue weighted by molar-refractivity contribution is 0.0785. The van der Waals surface area contributed by atoms with E-state index < -0.39 is 11.6 Å². The van der Waals surface area contributed by atoms with Crippen LogP contribution < -0.4 is 16.4 Å². The molecule has 7 nitrogen and oxygen atoms in total. The number of nitrogens with one attached hydrogen (secondary N) is 2. The van der Waals surface area contributed by atoms with E-state index in [0.717, 1.165) is 19.3 Å². The Morgan fingerprint density at radius 3 is 2.68 bits per heavy atom. The molecule has 2 aliphatic carbocycles. The van der Waals surface area contributed by atoms with Crippen molar-refractivity contribution in [2.75, 3.05) is 10.6 Å². The van der Waals surface area contributed by atoms with Crippen LogP contribution in [0.3, 0.4) is 0 Å². The van der Waals surface area contributed by atoms with Crippen LogP contribution in [0, 0.1) is 0 Å². The molecule has 0 bridgehead atoms. The first-order valence-corrected chi connectivity index (χ1v) is 10.3. The smallest absolute Gasteiger partial charge is 0.254 e. The van der Waals surface area contributed by atoms with Crippen LogP contribution >= 0.6 is 0 Å². The predicted molar refractivity (Wildman–Crippen MR) is 107 cm³/mol. The molecule has 0 radical (unpaired) electrons. The van der Waals surface area contributed by atoms with Gasteiger partial charge in [0.25, 0.3) is 5.91 Å². The van der Waals surface area contributed by atoms with Gasteiger partial charge in [-0.05, 0) is 64.7 Å². The third-order valence-electron chi connectivity index (χ3n) is 6.34. The molecule has 1 aromatic heterocycles. The molecule has 0 aliphatic heterocycles. The van der Waals surface area contributed by atoms with Crippen LogP contribution in [0.2, 0.25) is 0 Å². The van der Waals surface area contributed by atoms with Crippen molar-refractivity contribution in [3.05, 3.63) is 11.8 Å². The van der Waals surface area contributed by atoms with Crippen molar-refractivity contribution < 1.29 is 14.3 Å². The molecule has 1 aromatic rings. The quantitative estimate of drug-likeness (QED) is 0.590. The van der Waals surface area contributed by atoms with Crippen LogP contribution in [0.1, 0.15) is 82.0 Å². The number of hydrogen-bond acceptors (Lipinski definition) is 6. The Morgan fingerprint density at radius 1 is 1.36 bits per heavy atom. The maximum atomic E-state index is 14.5. The van der Waals surface area contributed by atoms with Gasteiger partial charge in [0.2, 0.25) is 5.95 Å². The standard InChI is InChI=1S/C20H32FN5O2/c1-3-20(21)9-7-19(2,8-10-20)26-18-23-12-15(16(22)28)17(25-18)24-13-5-4-6-14(27)11-13/h12-14,27H,3-11H2,1-2H3,(H2,22,28)(H2,23,24,25,26)/t13-,14+,19?,20?/m1/s1. The molecule has 2 aliphatic rings. The number of alkyl halides is 1. The van der Waals surface area contributed by atoms with E-state index in [9.17, 15) is 14.3 Å². The van der Waals surface area contributed by atoms with E-state index in [-0.39, 0.29) is 23.2 Å². The van der Waals surface area contributed by atoms with Gasteiger partial charge in [-0.1, -0.05) is 6.92 Å². The molecule has 2 atom stereocenters. The van der Waals surface area contributed by atoms with Gasteiger partial charge in [0.05, 0.1) is 11.7 Å². The van der Waals surface area contributed by atoms with Gasteiger partial charge < -0.3 is 21.5 Å². The molecule has 3 rings (SSSR count). The first-order chi connectivity index (χ1) is 13.2. The fourth-order valence-corrected chi connectivity index (χ4v) is 4.22. The molecule has 2 saturated carbocycles. The summed E-state index contributed by atoms with van der Waals surface area (Å²) in [6.45, 7) is 3.94. The fraction of sp³-hybridized carbons (Fsp3) is 0.750. The summed E-state index contributed by atoms with van der Waals surface area (Å²) in [4.78, 5) is 20.5. The Balaban J connectivity index is 1.74. The number of primary amides is 1. The number of nitrogens with zero attached hydrogens (tertiary/aromatic N) is 2. The predicted octanol–water partition coefficient (Wildman–Crippen LogP) is 3.15. The monoisotopic (exact) mass is 393 g/mol. The van der Waals surface area contributed by atoms with E-state index in [1.54, 1.807) is 0 Å². The number of carbonyl (C=O) groups is 1. The van der Waals surface area contributed by atoms with Gasteiger partial charge in [-0.25, -0.2) is 9.37 Å². The second-order valence-electron chi connectivity index (χ2n) is 8.67.